The first kappa shape index (κ1) is 11.5. The van der Waals surface area contributed by atoms with Crippen LogP contribution in [0, 0.1) is 0 Å². The summed E-state index contributed by atoms with van der Waals surface area (Å²) in [6.45, 7) is 2.19. The standard InChI is InChI=1S/C10H14N2O3/c1-2-7(13)5-12-9-3-4-11-6-8(9)10(14)15/h3-4,6-7,13H,2,5H2,1H3,(H,11,12)(H,14,15). The van der Waals surface area contributed by atoms with Crippen LogP contribution in [0.25, 0.3) is 0 Å². The van der Waals surface area contributed by atoms with Crippen molar-refractivity contribution in [3.8, 4) is 0 Å². The van der Waals surface area contributed by atoms with Crippen molar-refractivity contribution in [2.45, 2.75) is 19.4 Å². The SMILES string of the molecule is CCC(O)CNc1ccncc1C(=O)O. The van der Waals surface area contributed by atoms with E-state index in [1.807, 2.05) is 6.92 Å². The molecular formula is C10H14N2O3. The van der Waals surface area contributed by atoms with Crippen LogP contribution in [-0.4, -0.2) is 33.8 Å². The Balaban J connectivity index is 2.72. The highest BCUT2D eigenvalue weighted by Gasteiger charge is 2.10. The van der Waals surface area contributed by atoms with Gasteiger partial charge in [0.15, 0.2) is 0 Å². The number of carbonyl (C=O) groups is 1. The van der Waals surface area contributed by atoms with Gasteiger partial charge in [0.05, 0.1) is 11.8 Å². The number of aromatic nitrogens is 1. The fourth-order valence-electron chi connectivity index (χ4n) is 1.09. The van der Waals surface area contributed by atoms with Gasteiger partial charge in [0.25, 0.3) is 0 Å². The summed E-state index contributed by atoms with van der Waals surface area (Å²) < 4.78 is 0. The number of rotatable bonds is 5. The number of nitrogens with zero attached hydrogens (tertiary/aromatic N) is 1. The molecule has 1 aromatic rings. The van der Waals surface area contributed by atoms with Gasteiger partial charge >= 0.3 is 5.97 Å². The van der Waals surface area contributed by atoms with E-state index in [2.05, 4.69) is 10.3 Å². The molecule has 0 aliphatic heterocycles. The van der Waals surface area contributed by atoms with E-state index in [0.29, 0.717) is 18.7 Å². The molecule has 0 fully saturated rings. The van der Waals surface area contributed by atoms with Crippen molar-refractivity contribution in [1.82, 2.24) is 4.98 Å². The summed E-state index contributed by atoms with van der Waals surface area (Å²) in [5.41, 5.74) is 0.589. The molecule has 1 heterocycles. The second kappa shape index (κ2) is 5.31. The fraction of sp³-hybridized carbons (Fsp3) is 0.400. The molecule has 0 spiro atoms. The topological polar surface area (TPSA) is 82.5 Å². The van der Waals surface area contributed by atoms with Crippen molar-refractivity contribution < 1.29 is 15.0 Å². The molecule has 1 unspecified atom stereocenters. The van der Waals surface area contributed by atoms with E-state index in [9.17, 15) is 9.90 Å². The summed E-state index contributed by atoms with van der Waals surface area (Å²) in [6.07, 6.45) is 2.94. The number of pyridine rings is 1. The minimum absolute atomic E-state index is 0.112. The van der Waals surface area contributed by atoms with Crippen molar-refractivity contribution in [2.75, 3.05) is 11.9 Å². The maximum atomic E-state index is 10.8. The van der Waals surface area contributed by atoms with Gasteiger partial charge in [-0.1, -0.05) is 6.92 Å². The lowest BCUT2D eigenvalue weighted by Gasteiger charge is -2.12. The number of aromatic carboxylic acids is 1. The summed E-state index contributed by atoms with van der Waals surface area (Å²) in [4.78, 5) is 14.5. The van der Waals surface area contributed by atoms with E-state index in [1.54, 1.807) is 6.07 Å². The smallest absolute Gasteiger partial charge is 0.339 e. The lowest BCUT2D eigenvalue weighted by atomic mass is 10.2. The molecule has 1 atom stereocenters. The summed E-state index contributed by atoms with van der Waals surface area (Å²) in [7, 11) is 0. The molecule has 5 heteroatoms. The molecule has 1 aromatic heterocycles. The minimum atomic E-state index is -1.03. The molecule has 0 aliphatic carbocycles. The normalized spacial score (nSPS) is 12.1. The number of anilines is 1. The van der Waals surface area contributed by atoms with Gasteiger partial charge in [0.1, 0.15) is 5.56 Å². The molecule has 82 valence electrons. The zero-order valence-corrected chi connectivity index (χ0v) is 8.47. The van der Waals surface area contributed by atoms with Gasteiger partial charge in [0, 0.05) is 18.9 Å². The molecule has 1 rings (SSSR count). The predicted molar refractivity (Wildman–Crippen MR) is 56.0 cm³/mol. The third kappa shape index (κ3) is 3.21. The highest BCUT2D eigenvalue weighted by molar-refractivity contribution is 5.93. The number of carboxylic acids is 1. The lowest BCUT2D eigenvalue weighted by Crippen LogP contribution is -2.19. The van der Waals surface area contributed by atoms with E-state index < -0.39 is 12.1 Å². The first-order valence-corrected chi connectivity index (χ1v) is 4.74. The predicted octanol–water partition coefficient (Wildman–Crippen LogP) is 0.963. The number of aliphatic hydroxyl groups excluding tert-OH is 1. The van der Waals surface area contributed by atoms with E-state index in [0.717, 1.165) is 0 Å². The van der Waals surface area contributed by atoms with Crippen molar-refractivity contribution in [1.29, 1.82) is 0 Å². The zero-order valence-electron chi connectivity index (χ0n) is 8.47. The maximum absolute atomic E-state index is 10.8. The van der Waals surface area contributed by atoms with E-state index >= 15 is 0 Å². The maximum Gasteiger partial charge on any atom is 0.339 e. The second-order valence-electron chi connectivity index (χ2n) is 3.17. The first-order valence-electron chi connectivity index (χ1n) is 4.74. The number of hydrogen-bond donors (Lipinski definition) is 3. The van der Waals surface area contributed by atoms with Crippen LogP contribution in [-0.2, 0) is 0 Å². The van der Waals surface area contributed by atoms with Gasteiger partial charge in [-0.25, -0.2) is 4.79 Å². The Labute approximate surface area is 87.8 Å². The summed E-state index contributed by atoms with van der Waals surface area (Å²) in [5.74, 6) is -1.03. The van der Waals surface area contributed by atoms with Gasteiger partial charge in [0.2, 0.25) is 0 Å². The Kier molecular flexibility index (Phi) is 4.05. The molecular weight excluding hydrogens is 196 g/mol. The summed E-state index contributed by atoms with van der Waals surface area (Å²) in [6, 6.07) is 1.58. The van der Waals surface area contributed by atoms with Crippen LogP contribution in [0.15, 0.2) is 18.5 Å². The van der Waals surface area contributed by atoms with E-state index in [-0.39, 0.29) is 5.56 Å². The molecule has 0 radical (unpaired) electrons. The Bertz CT molecular complexity index is 341. The monoisotopic (exact) mass is 210 g/mol. The third-order valence-corrected chi connectivity index (χ3v) is 2.05. The highest BCUT2D eigenvalue weighted by atomic mass is 16.4. The quantitative estimate of drug-likeness (QED) is 0.674. The van der Waals surface area contributed by atoms with E-state index in [4.69, 9.17) is 5.11 Å². The average Bonchev–Trinajstić information content (AvgIpc) is 2.26. The highest BCUT2D eigenvalue weighted by Crippen LogP contribution is 2.13. The van der Waals surface area contributed by atoms with Gasteiger partial charge < -0.3 is 15.5 Å². The van der Waals surface area contributed by atoms with Gasteiger partial charge in [-0.2, -0.15) is 0 Å². The Morgan fingerprint density at radius 1 is 1.67 bits per heavy atom. The molecule has 0 saturated heterocycles. The molecule has 0 bridgehead atoms. The van der Waals surface area contributed by atoms with Crippen LogP contribution < -0.4 is 5.32 Å². The molecule has 0 amide bonds. The van der Waals surface area contributed by atoms with Gasteiger partial charge in [-0.05, 0) is 12.5 Å². The van der Waals surface area contributed by atoms with Crippen molar-refractivity contribution in [3.05, 3.63) is 24.0 Å². The van der Waals surface area contributed by atoms with Gasteiger partial charge in [-0.15, -0.1) is 0 Å². The van der Waals surface area contributed by atoms with Crippen LogP contribution in [0.5, 0.6) is 0 Å². The number of carboxylic acid groups (broad SMARTS) is 1. The molecule has 5 nitrogen and oxygen atoms in total. The average molecular weight is 210 g/mol. The fourth-order valence-corrected chi connectivity index (χ4v) is 1.09. The summed E-state index contributed by atoms with van der Waals surface area (Å²) in [5, 5.41) is 21.0. The van der Waals surface area contributed by atoms with Crippen molar-refractivity contribution >= 4 is 11.7 Å². The van der Waals surface area contributed by atoms with Crippen LogP contribution >= 0.6 is 0 Å². The Hall–Kier alpha value is -1.62. The number of hydrogen-bond acceptors (Lipinski definition) is 4. The molecule has 0 saturated carbocycles. The minimum Gasteiger partial charge on any atom is -0.478 e. The Morgan fingerprint density at radius 2 is 2.40 bits per heavy atom. The lowest BCUT2D eigenvalue weighted by molar-refractivity contribution is 0.0697. The second-order valence-corrected chi connectivity index (χ2v) is 3.17. The van der Waals surface area contributed by atoms with Gasteiger partial charge in [-0.3, -0.25) is 4.98 Å². The van der Waals surface area contributed by atoms with Crippen LogP contribution in [0.2, 0.25) is 0 Å². The van der Waals surface area contributed by atoms with Crippen LogP contribution in [0.4, 0.5) is 5.69 Å². The Morgan fingerprint density at radius 3 is 3.00 bits per heavy atom. The largest absolute Gasteiger partial charge is 0.478 e. The zero-order chi connectivity index (χ0) is 11.3. The molecule has 0 aromatic carbocycles. The van der Waals surface area contributed by atoms with E-state index in [1.165, 1.54) is 12.4 Å². The summed E-state index contributed by atoms with van der Waals surface area (Å²) >= 11 is 0. The van der Waals surface area contributed by atoms with Crippen LogP contribution in [0.3, 0.4) is 0 Å². The third-order valence-electron chi connectivity index (χ3n) is 2.05. The number of aliphatic hydroxyl groups is 1. The van der Waals surface area contributed by atoms with Crippen LogP contribution in [0.1, 0.15) is 23.7 Å². The molecule has 3 N–H and O–H groups in total. The van der Waals surface area contributed by atoms with Crippen molar-refractivity contribution in [3.63, 3.8) is 0 Å². The molecule has 15 heavy (non-hydrogen) atoms. The number of nitrogens with one attached hydrogen (secondary N) is 1. The first-order chi connectivity index (χ1) is 7.15. The molecule has 0 aliphatic rings. The van der Waals surface area contributed by atoms with Crippen molar-refractivity contribution in [2.24, 2.45) is 0 Å².